The Bertz CT molecular complexity index is 817. The van der Waals surface area contributed by atoms with E-state index in [0.717, 1.165) is 0 Å². The second-order valence-electron chi connectivity index (χ2n) is 5.67. The molecule has 1 amide bonds. The molecule has 1 fully saturated rings. The summed E-state index contributed by atoms with van der Waals surface area (Å²) in [6.07, 6.45) is 1.39. The number of hydrogen-bond donors (Lipinski definition) is 1. The van der Waals surface area contributed by atoms with Crippen LogP contribution < -0.4 is 10.3 Å². The molecule has 2 aromatic rings. The summed E-state index contributed by atoms with van der Waals surface area (Å²) in [6, 6.07) is 13.6. The third-order valence-electron chi connectivity index (χ3n) is 3.96. The Morgan fingerprint density at radius 2 is 1.92 bits per heavy atom. The average molecular weight is 354 g/mol. The van der Waals surface area contributed by atoms with E-state index in [9.17, 15) is 14.9 Å². The Hall–Kier alpha value is -3.26. The monoisotopic (exact) mass is 354 g/mol. The fourth-order valence-corrected chi connectivity index (χ4v) is 2.66. The summed E-state index contributed by atoms with van der Waals surface area (Å²) < 4.78 is 5.28. The standard InChI is InChI=1S/C18H18N4O4/c23-18(15-4-2-1-3-5-15)20-19-13-14-6-7-16(17(12-14)22(24)25)21-8-10-26-11-9-21/h1-7,12-13H,8-11H2,(H,20,23)/b19-13+. The van der Waals surface area contributed by atoms with Gasteiger partial charge < -0.3 is 9.64 Å². The van der Waals surface area contributed by atoms with Crippen molar-refractivity contribution in [2.75, 3.05) is 31.2 Å². The zero-order chi connectivity index (χ0) is 18.4. The highest BCUT2D eigenvalue weighted by atomic mass is 16.6. The van der Waals surface area contributed by atoms with Crippen LogP contribution in [0.25, 0.3) is 0 Å². The van der Waals surface area contributed by atoms with Gasteiger partial charge in [-0.3, -0.25) is 14.9 Å². The van der Waals surface area contributed by atoms with Crippen molar-refractivity contribution in [1.29, 1.82) is 0 Å². The molecule has 1 saturated heterocycles. The number of carbonyl (C=O) groups is 1. The van der Waals surface area contributed by atoms with E-state index >= 15 is 0 Å². The summed E-state index contributed by atoms with van der Waals surface area (Å²) in [5.41, 5.74) is 3.99. The second kappa shape index (κ2) is 8.21. The molecule has 0 unspecified atom stereocenters. The third kappa shape index (κ3) is 4.22. The van der Waals surface area contributed by atoms with Crippen LogP contribution in [0.5, 0.6) is 0 Å². The van der Waals surface area contributed by atoms with Crippen molar-refractivity contribution in [3.8, 4) is 0 Å². The van der Waals surface area contributed by atoms with Crippen molar-refractivity contribution in [1.82, 2.24) is 5.43 Å². The Morgan fingerprint density at radius 3 is 2.62 bits per heavy atom. The van der Waals surface area contributed by atoms with E-state index < -0.39 is 4.92 Å². The first-order chi connectivity index (χ1) is 12.6. The molecular formula is C18H18N4O4. The lowest BCUT2D eigenvalue weighted by molar-refractivity contribution is -0.384. The number of nitro groups is 1. The molecule has 8 nitrogen and oxygen atoms in total. The molecule has 3 rings (SSSR count). The van der Waals surface area contributed by atoms with Gasteiger partial charge in [-0.1, -0.05) is 24.3 Å². The number of morpholine rings is 1. The number of hydrazone groups is 1. The number of benzene rings is 2. The van der Waals surface area contributed by atoms with E-state index in [1.807, 2.05) is 11.0 Å². The van der Waals surface area contributed by atoms with E-state index in [4.69, 9.17) is 4.74 Å². The lowest BCUT2D eigenvalue weighted by Crippen LogP contribution is -2.36. The molecule has 26 heavy (non-hydrogen) atoms. The first kappa shape index (κ1) is 17.6. The van der Waals surface area contributed by atoms with Crippen LogP contribution in [0.4, 0.5) is 11.4 Å². The molecule has 1 aliphatic rings. The third-order valence-corrected chi connectivity index (χ3v) is 3.96. The molecule has 0 aliphatic carbocycles. The lowest BCUT2D eigenvalue weighted by atomic mass is 10.1. The molecule has 0 atom stereocenters. The van der Waals surface area contributed by atoms with Gasteiger partial charge in [0.15, 0.2) is 0 Å². The van der Waals surface area contributed by atoms with Crippen LogP contribution in [-0.2, 0) is 4.74 Å². The minimum Gasteiger partial charge on any atom is -0.378 e. The molecular weight excluding hydrogens is 336 g/mol. The van der Waals surface area contributed by atoms with Gasteiger partial charge in [-0.25, -0.2) is 5.43 Å². The van der Waals surface area contributed by atoms with Crippen molar-refractivity contribution in [2.45, 2.75) is 0 Å². The molecule has 134 valence electrons. The van der Waals surface area contributed by atoms with Crippen LogP contribution in [-0.4, -0.2) is 43.3 Å². The zero-order valence-corrected chi connectivity index (χ0v) is 14.0. The molecule has 1 N–H and O–H groups in total. The maximum atomic E-state index is 11.9. The van der Waals surface area contributed by atoms with Crippen LogP contribution in [0.2, 0.25) is 0 Å². The Balaban J connectivity index is 1.73. The van der Waals surface area contributed by atoms with Gasteiger partial charge in [0.25, 0.3) is 11.6 Å². The zero-order valence-electron chi connectivity index (χ0n) is 14.0. The van der Waals surface area contributed by atoms with Crippen molar-refractivity contribution in [3.63, 3.8) is 0 Å². The van der Waals surface area contributed by atoms with Crippen LogP contribution >= 0.6 is 0 Å². The highest BCUT2D eigenvalue weighted by Gasteiger charge is 2.21. The summed E-state index contributed by atoms with van der Waals surface area (Å²) in [6.45, 7) is 2.32. The number of hydrogen-bond acceptors (Lipinski definition) is 6. The molecule has 0 saturated carbocycles. The van der Waals surface area contributed by atoms with Gasteiger partial charge in [0.1, 0.15) is 5.69 Å². The van der Waals surface area contributed by atoms with Crippen molar-refractivity contribution in [3.05, 3.63) is 69.8 Å². The number of rotatable bonds is 5. The second-order valence-corrected chi connectivity index (χ2v) is 5.67. The molecule has 1 aliphatic heterocycles. The number of amides is 1. The molecule has 8 heteroatoms. The largest absolute Gasteiger partial charge is 0.378 e. The van der Waals surface area contributed by atoms with E-state index in [1.54, 1.807) is 36.4 Å². The topological polar surface area (TPSA) is 97.1 Å². The SMILES string of the molecule is O=C(N/N=C/c1ccc(N2CCOCC2)c([N+](=O)[O-])c1)c1ccccc1. The van der Waals surface area contributed by atoms with Gasteiger partial charge in [0, 0.05) is 30.3 Å². The summed E-state index contributed by atoms with van der Waals surface area (Å²) in [5.74, 6) is -0.346. The number of nitrogens with zero attached hydrogens (tertiary/aromatic N) is 3. The van der Waals surface area contributed by atoms with E-state index in [-0.39, 0.29) is 11.6 Å². The van der Waals surface area contributed by atoms with Crippen molar-refractivity contribution >= 4 is 23.5 Å². The van der Waals surface area contributed by atoms with Crippen LogP contribution in [0.15, 0.2) is 53.6 Å². The van der Waals surface area contributed by atoms with E-state index in [2.05, 4.69) is 10.5 Å². The predicted octanol–water partition coefficient (Wildman–Crippen LogP) is 2.20. The van der Waals surface area contributed by atoms with Gasteiger partial charge >= 0.3 is 0 Å². The molecule has 1 heterocycles. The van der Waals surface area contributed by atoms with Crippen molar-refractivity contribution < 1.29 is 14.5 Å². The van der Waals surface area contributed by atoms with Gasteiger partial charge in [0.2, 0.25) is 0 Å². The predicted molar refractivity (Wildman–Crippen MR) is 97.6 cm³/mol. The Kier molecular flexibility index (Phi) is 5.55. The van der Waals surface area contributed by atoms with Gasteiger partial charge in [-0.05, 0) is 18.2 Å². The maximum Gasteiger partial charge on any atom is 0.293 e. The minimum absolute atomic E-state index is 0.00485. The Morgan fingerprint density at radius 1 is 1.19 bits per heavy atom. The summed E-state index contributed by atoms with van der Waals surface area (Å²) in [5, 5.41) is 15.3. The molecule has 2 aromatic carbocycles. The van der Waals surface area contributed by atoms with Gasteiger partial charge in [-0.2, -0.15) is 5.10 Å². The first-order valence-electron chi connectivity index (χ1n) is 8.15. The number of nitro benzene ring substituents is 1. The quantitative estimate of drug-likeness (QED) is 0.504. The van der Waals surface area contributed by atoms with E-state index in [1.165, 1.54) is 12.3 Å². The van der Waals surface area contributed by atoms with Crippen LogP contribution in [0, 0.1) is 10.1 Å². The van der Waals surface area contributed by atoms with Crippen molar-refractivity contribution in [2.24, 2.45) is 5.10 Å². The fourth-order valence-electron chi connectivity index (χ4n) is 2.66. The highest BCUT2D eigenvalue weighted by Crippen LogP contribution is 2.29. The maximum absolute atomic E-state index is 11.9. The first-order valence-corrected chi connectivity index (χ1v) is 8.15. The molecule has 0 radical (unpaired) electrons. The van der Waals surface area contributed by atoms with E-state index in [0.29, 0.717) is 43.1 Å². The average Bonchev–Trinajstić information content (AvgIpc) is 2.69. The minimum atomic E-state index is -0.412. The highest BCUT2D eigenvalue weighted by molar-refractivity contribution is 5.95. The summed E-state index contributed by atoms with van der Waals surface area (Å²) >= 11 is 0. The number of ether oxygens (including phenoxy) is 1. The molecule has 0 bridgehead atoms. The lowest BCUT2D eigenvalue weighted by Gasteiger charge is -2.28. The van der Waals surface area contributed by atoms with Crippen LogP contribution in [0.3, 0.4) is 0 Å². The smallest absolute Gasteiger partial charge is 0.293 e. The molecule has 0 spiro atoms. The van der Waals surface area contributed by atoms with Crippen LogP contribution in [0.1, 0.15) is 15.9 Å². The van der Waals surface area contributed by atoms with Gasteiger partial charge in [-0.15, -0.1) is 0 Å². The number of nitrogens with one attached hydrogen (secondary N) is 1. The fraction of sp³-hybridized carbons (Fsp3) is 0.222. The summed E-state index contributed by atoms with van der Waals surface area (Å²) in [4.78, 5) is 24.9. The van der Waals surface area contributed by atoms with Gasteiger partial charge in [0.05, 0.1) is 24.4 Å². The molecule has 0 aromatic heterocycles. The normalized spacial score (nSPS) is 14.4. The Labute approximate surface area is 150 Å². The number of carbonyl (C=O) groups excluding carboxylic acids is 1. The number of anilines is 1. The summed E-state index contributed by atoms with van der Waals surface area (Å²) in [7, 11) is 0.